The molecule has 0 unspecified atom stereocenters. The molecular formula is C20H28N4O2. The van der Waals surface area contributed by atoms with Crippen molar-refractivity contribution >= 4 is 11.6 Å². The molecule has 0 bridgehead atoms. The van der Waals surface area contributed by atoms with Crippen molar-refractivity contribution in [1.82, 2.24) is 15.1 Å². The average molecular weight is 356 g/mol. The van der Waals surface area contributed by atoms with Crippen LogP contribution in [0.25, 0.3) is 11.3 Å². The van der Waals surface area contributed by atoms with Crippen LogP contribution in [0.15, 0.2) is 30.3 Å². The second-order valence-corrected chi connectivity index (χ2v) is 7.75. The molecule has 0 spiro atoms. The maximum atomic E-state index is 12.8. The molecule has 0 saturated carbocycles. The Labute approximate surface area is 154 Å². The topological polar surface area (TPSA) is 81.3 Å². The highest BCUT2D eigenvalue weighted by molar-refractivity contribution is 5.93. The van der Waals surface area contributed by atoms with Crippen molar-refractivity contribution in [3.05, 3.63) is 36.0 Å². The van der Waals surface area contributed by atoms with E-state index in [0.717, 1.165) is 49.3 Å². The fourth-order valence-corrected chi connectivity index (χ4v) is 3.63. The number of likely N-dealkylation sites (tertiary alicyclic amines) is 1. The summed E-state index contributed by atoms with van der Waals surface area (Å²) >= 11 is 0. The Balaban J connectivity index is 1.64. The third kappa shape index (κ3) is 4.43. The Morgan fingerprint density at radius 2 is 2.08 bits per heavy atom. The lowest BCUT2D eigenvalue weighted by Crippen LogP contribution is -2.40. The molecular weight excluding hydrogens is 328 g/mol. The van der Waals surface area contributed by atoms with Crippen molar-refractivity contribution in [2.45, 2.75) is 38.7 Å². The number of benzene rings is 1. The number of H-pyrrole nitrogens is 1. The van der Waals surface area contributed by atoms with Gasteiger partial charge in [0.1, 0.15) is 5.69 Å². The van der Waals surface area contributed by atoms with E-state index in [9.17, 15) is 9.90 Å². The van der Waals surface area contributed by atoms with Crippen molar-refractivity contribution in [3.8, 4) is 11.3 Å². The molecule has 1 fully saturated rings. The van der Waals surface area contributed by atoms with Gasteiger partial charge < -0.3 is 15.3 Å². The Morgan fingerprint density at radius 3 is 2.73 bits per heavy atom. The molecule has 2 aromatic rings. The third-order valence-electron chi connectivity index (χ3n) is 4.95. The summed E-state index contributed by atoms with van der Waals surface area (Å²) in [6, 6.07) is 9.75. The van der Waals surface area contributed by atoms with E-state index < -0.39 is 5.60 Å². The summed E-state index contributed by atoms with van der Waals surface area (Å²) in [5.74, 6) is 0.468. The molecule has 26 heavy (non-hydrogen) atoms. The van der Waals surface area contributed by atoms with Crippen LogP contribution in [0, 0.1) is 5.92 Å². The minimum atomic E-state index is -0.642. The van der Waals surface area contributed by atoms with E-state index in [1.807, 2.05) is 56.1 Å². The molecule has 0 aliphatic carbocycles. The number of hydrogen-bond donors (Lipinski definition) is 3. The van der Waals surface area contributed by atoms with Gasteiger partial charge in [0.25, 0.3) is 5.91 Å². The predicted octanol–water partition coefficient (Wildman–Crippen LogP) is 3.13. The Morgan fingerprint density at radius 1 is 1.35 bits per heavy atom. The molecule has 1 saturated heterocycles. The number of piperidine rings is 1. The van der Waals surface area contributed by atoms with E-state index in [1.54, 1.807) is 0 Å². The van der Waals surface area contributed by atoms with Gasteiger partial charge in [-0.2, -0.15) is 5.10 Å². The molecule has 1 aromatic heterocycles. The number of amides is 1. The van der Waals surface area contributed by atoms with Gasteiger partial charge in [-0.3, -0.25) is 9.89 Å². The van der Waals surface area contributed by atoms with Gasteiger partial charge in [-0.25, -0.2) is 0 Å². The van der Waals surface area contributed by atoms with Crippen molar-refractivity contribution < 1.29 is 9.90 Å². The van der Waals surface area contributed by atoms with Gasteiger partial charge in [0.2, 0.25) is 0 Å². The van der Waals surface area contributed by atoms with Gasteiger partial charge in [-0.15, -0.1) is 0 Å². The second kappa shape index (κ2) is 7.50. The second-order valence-electron chi connectivity index (χ2n) is 7.75. The van der Waals surface area contributed by atoms with Crippen LogP contribution in [0.1, 0.15) is 43.6 Å². The molecule has 3 rings (SSSR count). The molecule has 1 aromatic carbocycles. The molecule has 1 aliphatic heterocycles. The van der Waals surface area contributed by atoms with Crippen molar-refractivity contribution in [2.75, 3.05) is 25.5 Å². The molecule has 1 aliphatic rings. The Bertz CT molecular complexity index is 755. The van der Waals surface area contributed by atoms with Crippen LogP contribution in [-0.4, -0.2) is 51.8 Å². The molecule has 1 amide bonds. The quantitative estimate of drug-likeness (QED) is 0.769. The largest absolute Gasteiger partial charge is 0.390 e. The minimum absolute atomic E-state index is 0.00442. The normalized spacial score (nSPS) is 15.9. The van der Waals surface area contributed by atoms with Gasteiger partial charge in [-0.05, 0) is 57.2 Å². The molecule has 2 heterocycles. The number of aliphatic hydroxyl groups is 1. The van der Waals surface area contributed by atoms with Crippen molar-refractivity contribution in [2.24, 2.45) is 5.92 Å². The fourth-order valence-electron chi connectivity index (χ4n) is 3.63. The molecule has 0 atom stereocenters. The highest BCUT2D eigenvalue weighted by atomic mass is 16.3. The van der Waals surface area contributed by atoms with Crippen molar-refractivity contribution in [1.29, 1.82) is 0 Å². The van der Waals surface area contributed by atoms with E-state index in [-0.39, 0.29) is 5.91 Å². The Kier molecular flexibility index (Phi) is 5.32. The standard InChI is InChI=1S/C20H28N4O2/c1-20(2,26)13-14-7-9-24(10-8-14)19(25)18-12-17(22-23-18)15-5-4-6-16(11-15)21-3/h4-6,11-12,14,21,26H,7-10,13H2,1-3H3,(H,22,23). The number of carbonyl (C=O) groups is 1. The number of carbonyl (C=O) groups excluding carboxylic acids is 1. The van der Waals surface area contributed by atoms with Crippen LogP contribution in [0.4, 0.5) is 5.69 Å². The molecule has 0 radical (unpaired) electrons. The van der Waals surface area contributed by atoms with E-state index in [0.29, 0.717) is 11.6 Å². The maximum absolute atomic E-state index is 12.8. The molecule has 6 nitrogen and oxygen atoms in total. The average Bonchev–Trinajstić information content (AvgIpc) is 3.10. The van der Waals surface area contributed by atoms with Crippen LogP contribution in [0.2, 0.25) is 0 Å². The van der Waals surface area contributed by atoms with Gasteiger partial charge in [0, 0.05) is 31.4 Å². The molecule has 3 N–H and O–H groups in total. The van der Waals surface area contributed by atoms with E-state index in [4.69, 9.17) is 0 Å². The van der Waals surface area contributed by atoms with Gasteiger partial charge in [0.05, 0.1) is 11.3 Å². The fraction of sp³-hybridized carbons (Fsp3) is 0.500. The van der Waals surface area contributed by atoms with E-state index in [2.05, 4.69) is 15.5 Å². The first-order chi connectivity index (χ1) is 12.4. The Hall–Kier alpha value is -2.34. The first-order valence-corrected chi connectivity index (χ1v) is 9.21. The highest BCUT2D eigenvalue weighted by Gasteiger charge is 2.28. The smallest absolute Gasteiger partial charge is 0.271 e. The summed E-state index contributed by atoms with van der Waals surface area (Å²) in [5.41, 5.74) is 2.62. The van der Waals surface area contributed by atoms with Crippen molar-refractivity contribution in [3.63, 3.8) is 0 Å². The molecule has 140 valence electrons. The van der Waals surface area contributed by atoms with Gasteiger partial charge in [-0.1, -0.05) is 12.1 Å². The summed E-state index contributed by atoms with van der Waals surface area (Å²) in [7, 11) is 1.88. The number of hydrogen-bond acceptors (Lipinski definition) is 4. The van der Waals surface area contributed by atoms with Crippen LogP contribution < -0.4 is 5.32 Å². The van der Waals surface area contributed by atoms with E-state index >= 15 is 0 Å². The predicted molar refractivity (Wildman–Crippen MR) is 103 cm³/mol. The van der Waals surface area contributed by atoms with Crippen LogP contribution in [-0.2, 0) is 0 Å². The van der Waals surface area contributed by atoms with Crippen LogP contribution in [0.3, 0.4) is 0 Å². The van der Waals surface area contributed by atoms with Gasteiger partial charge >= 0.3 is 0 Å². The number of rotatable bonds is 5. The first-order valence-electron chi connectivity index (χ1n) is 9.21. The monoisotopic (exact) mass is 356 g/mol. The van der Waals surface area contributed by atoms with Gasteiger partial charge in [0.15, 0.2) is 0 Å². The summed E-state index contributed by atoms with van der Waals surface area (Å²) in [6.45, 7) is 5.14. The number of nitrogens with zero attached hydrogens (tertiary/aromatic N) is 2. The SMILES string of the molecule is CNc1cccc(-c2cc(C(=O)N3CCC(CC(C)(C)O)CC3)[nH]n2)c1. The van der Waals surface area contributed by atoms with Crippen LogP contribution in [0.5, 0.6) is 0 Å². The lowest BCUT2D eigenvalue weighted by Gasteiger charge is -2.34. The zero-order valence-electron chi connectivity index (χ0n) is 15.7. The first kappa shape index (κ1) is 18.5. The number of aromatic amines is 1. The minimum Gasteiger partial charge on any atom is -0.390 e. The zero-order chi connectivity index (χ0) is 18.7. The summed E-state index contributed by atoms with van der Waals surface area (Å²) in [6.07, 6.45) is 2.65. The summed E-state index contributed by atoms with van der Waals surface area (Å²) < 4.78 is 0. The summed E-state index contributed by atoms with van der Waals surface area (Å²) in [5, 5.41) is 20.3. The number of nitrogens with one attached hydrogen (secondary N) is 2. The number of aromatic nitrogens is 2. The van der Waals surface area contributed by atoms with E-state index in [1.165, 1.54) is 0 Å². The summed E-state index contributed by atoms with van der Waals surface area (Å²) in [4.78, 5) is 14.6. The highest BCUT2D eigenvalue weighted by Crippen LogP contribution is 2.27. The maximum Gasteiger partial charge on any atom is 0.271 e. The third-order valence-corrected chi connectivity index (χ3v) is 4.95. The zero-order valence-corrected chi connectivity index (χ0v) is 15.7. The van der Waals surface area contributed by atoms with Crippen LogP contribution >= 0.6 is 0 Å². The lowest BCUT2D eigenvalue weighted by molar-refractivity contribution is 0.0357. The molecule has 6 heteroatoms. The lowest BCUT2D eigenvalue weighted by atomic mass is 9.86. The number of anilines is 1.